The zero-order valence-electron chi connectivity index (χ0n) is 8.08. The Morgan fingerprint density at radius 3 is 3.20 bits per heavy atom. The van der Waals surface area contributed by atoms with E-state index >= 15 is 0 Å². The molecule has 4 nitrogen and oxygen atoms in total. The number of hydrogen-bond donors (Lipinski definition) is 1. The number of carbonyl (C=O) groups excluding carboxylic acids is 1. The number of ketones is 1. The van der Waals surface area contributed by atoms with Crippen molar-refractivity contribution in [2.24, 2.45) is 0 Å². The van der Waals surface area contributed by atoms with Gasteiger partial charge in [0.1, 0.15) is 12.3 Å². The van der Waals surface area contributed by atoms with Gasteiger partial charge < -0.3 is 9.72 Å². The van der Waals surface area contributed by atoms with Crippen molar-refractivity contribution in [2.75, 3.05) is 13.7 Å². The summed E-state index contributed by atoms with van der Waals surface area (Å²) in [6.07, 6.45) is 3.19. The van der Waals surface area contributed by atoms with E-state index in [2.05, 4.69) is 9.97 Å². The van der Waals surface area contributed by atoms with E-state index in [1.807, 2.05) is 0 Å². The summed E-state index contributed by atoms with van der Waals surface area (Å²) in [4.78, 5) is 18.6. The van der Waals surface area contributed by atoms with Gasteiger partial charge in [-0.2, -0.15) is 0 Å². The molecular weight excluding hydrogens is 216 g/mol. The maximum absolute atomic E-state index is 11.6. The van der Waals surface area contributed by atoms with E-state index < -0.39 is 0 Å². The lowest BCUT2D eigenvalue weighted by Gasteiger charge is -2.02. The molecule has 2 aromatic heterocycles. The molecule has 0 atom stereocenters. The lowest BCUT2D eigenvalue weighted by Crippen LogP contribution is -2.08. The molecule has 0 unspecified atom stereocenters. The van der Waals surface area contributed by atoms with Crippen molar-refractivity contribution in [3.63, 3.8) is 0 Å². The number of aromatic amines is 1. The number of carbonyl (C=O) groups is 1. The third-order valence-electron chi connectivity index (χ3n) is 2.10. The number of pyridine rings is 1. The van der Waals surface area contributed by atoms with Gasteiger partial charge in [-0.25, -0.2) is 4.98 Å². The van der Waals surface area contributed by atoms with Crippen LogP contribution in [-0.2, 0) is 4.74 Å². The molecule has 0 amide bonds. The Bertz CT molecular complexity index is 507. The van der Waals surface area contributed by atoms with Crippen LogP contribution >= 0.6 is 11.6 Å². The van der Waals surface area contributed by atoms with Crippen LogP contribution in [0.1, 0.15) is 10.4 Å². The molecule has 0 spiro atoms. The quantitative estimate of drug-likeness (QED) is 0.812. The van der Waals surface area contributed by atoms with Gasteiger partial charge in [0.25, 0.3) is 0 Å². The van der Waals surface area contributed by atoms with Crippen LogP contribution in [0.5, 0.6) is 0 Å². The van der Waals surface area contributed by atoms with Crippen molar-refractivity contribution in [1.82, 2.24) is 9.97 Å². The lowest BCUT2D eigenvalue weighted by atomic mass is 10.1. The van der Waals surface area contributed by atoms with Crippen LogP contribution in [0.2, 0.25) is 5.02 Å². The fourth-order valence-electron chi connectivity index (χ4n) is 1.38. The van der Waals surface area contributed by atoms with Gasteiger partial charge in [0.05, 0.1) is 10.6 Å². The number of rotatable bonds is 3. The number of Topliss-reactive ketones (excluding diaryl/α,β-unsaturated/α-hetero) is 1. The van der Waals surface area contributed by atoms with Crippen molar-refractivity contribution in [3.05, 3.63) is 29.0 Å². The third-order valence-corrected chi connectivity index (χ3v) is 2.50. The lowest BCUT2D eigenvalue weighted by molar-refractivity contribution is 0.0848. The molecule has 0 saturated heterocycles. The molecule has 0 aliphatic heterocycles. The molecular formula is C10H9ClN2O2. The molecule has 0 radical (unpaired) electrons. The number of fused-ring (bicyclic) bond motifs is 1. The molecule has 78 valence electrons. The molecule has 2 aromatic rings. The average Bonchev–Trinajstić information content (AvgIpc) is 2.67. The molecule has 0 aromatic carbocycles. The summed E-state index contributed by atoms with van der Waals surface area (Å²) < 4.78 is 4.76. The second-order valence-corrected chi connectivity index (χ2v) is 3.46. The molecule has 15 heavy (non-hydrogen) atoms. The predicted molar refractivity (Wildman–Crippen MR) is 57.3 cm³/mol. The highest BCUT2D eigenvalue weighted by Crippen LogP contribution is 2.25. The average molecular weight is 225 g/mol. The summed E-state index contributed by atoms with van der Waals surface area (Å²) in [5.74, 6) is -0.168. The van der Waals surface area contributed by atoms with Crippen LogP contribution < -0.4 is 0 Å². The standard InChI is InChI=1S/C10H9ClN2O2/c1-15-5-8(14)7-4-13-10-6(9(7)11)2-3-12-10/h2-4H,5H2,1H3,(H,12,13). The molecule has 0 aliphatic carbocycles. The molecule has 0 saturated carbocycles. The van der Waals surface area contributed by atoms with Crippen LogP contribution in [0.4, 0.5) is 0 Å². The van der Waals surface area contributed by atoms with E-state index in [1.165, 1.54) is 13.3 Å². The molecule has 0 bridgehead atoms. The van der Waals surface area contributed by atoms with Crippen molar-refractivity contribution >= 4 is 28.4 Å². The van der Waals surface area contributed by atoms with Crippen LogP contribution in [-0.4, -0.2) is 29.5 Å². The van der Waals surface area contributed by atoms with E-state index in [9.17, 15) is 4.79 Å². The first-order chi connectivity index (χ1) is 7.24. The van der Waals surface area contributed by atoms with Gasteiger partial charge in [0.15, 0.2) is 5.78 Å². The van der Waals surface area contributed by atoms with Crippen LogP contribution in [0.15, 0.2) is 18.5 Å². The molecule has 2 heterocycles. The Hall–Kier alpha value is -1.39. The molecule has 0 aliphatic rings. The van der Waals surface area contributed by atoms with Gasteiger partial charge in [-0.15, -0.1) is 0 Å². The summed E-state index contributed by atoms with van der Waals surface area (Å²) in [6.45, 7) is 0.0112. The van der Waals surface area contributed by atoms with Crippen LogP contribution in [0, 0.1) is 0 Å². The monoisotopic (exact) mass is 224 g/mol. The first-order valence-electron chi connectivity index (χ1n) is 4.37. The summed E-state index contributed by atoms with van der Waals surface area (Å²) in [5.41, 5.74) is 1.07. The van der Waals surface area contributed by atoms with E-state index in [0.717, 1.165) is 5.39 Å². The zero-order chi connectivity index (χ0) is 10.8. The predicted octanol–water partition coefficient (Wildman–Crippen LogP) is 2.05. The molecule has 1 N–H and O–H groups in total. The number of nitrogens with zero attached hydrogens (tertiary/aromatic N) is 1. The number of H-pyrrole nitrogens is 1. The fourth-order valence-corrected chi connectivity index (χ4v) is 1.69. The number of methoxy groups -OCH3 is 1. The molecule has 2 rings (SSSR count). The van der Waals surface area contributed by atoms with Crippen molar-refractivity contribution in [3.8, 4) is 0 Å². The minimum Gasteiger partial charge on any atom is -0.377 e. The van der Waals surface area contributed by atoms with Crippen molar-refractivity contribution in [2.45, 2.75) is 0 Å². The molecule has 5 heteroatoms. The Morgan fingerprint density at radius 2 is 2.47 bits per heavy atom. The van der Waals surface area contributed by atoms with Crippen molar-refractivity contribution in [1.29, 1.82) is 0 Å². The molecule has 0 fully saturated rings. The van der Waals surface area contributed by atoms with Gasteiger partial charge in [-0.05, 0) is 6.07 Å². The first kappa shape index (κ1) is 10.1. The van der Waals surface area contributed by atoms with E-state index in [4.69, 9.17) is 16.3 Å². The van der Waals surface area contributed by atoms with E-state index in [0.29, 0.717) is 16.2 Å². The summed E-state index contributed by atoms with van der Waals surface area (Å²) in [5, 5.41) is 1.17. The second kappa shape index (κ2) is 4.00. The van der Waals surface area contributed by atoms with Crippen LogP contribution in [0.25, 0.3) is 11.0 Å². The summed E-state index contributed by atoms with van der Waals surface area (Å²) >= 11 is 6.08. The maximum Gasteiger partial charge on any atom is 0.191 e. The maximum atomic E-state index is 11.6. The van der Waals surface area contributed by atoms with E-state index in [-0.39, 0.29) is 12.4 Å². The fraction of sp³-hybridized carbons (Fsp3) is 0.200. The topological polar surface area (TPSA) is 55.0 Å². The Morgan fingerprint density at radius 1 is 1.67 bits per heavy atom. The Kier molecular flexibility index (Phi) is 2.70. The van der Waals surface area contributed by atoms with Crippen molar-refractivity contribution < 1.29 is 9.53 Å². The third kappa shape index (κ3) is 1.73. The smallest absolute Gasteiger partial charge is 0.191 e. The first-order valence-corrected chi connectivity index (χ1v) is 4.75. The van der Waals surface area contributed by atoms with Gasteiger partial charge in [-0.3, -0.25) is 4.79 Å². The summed E-state index contributed by atoms with van der Waals surface area (Å²) in [6, 6.07) is 1.79. The minimum absolute atomic E-state index is 0.0112. The van der Waals surface area contributed by atoms with Gasteiger partial charge in [-0.1, -0.05) is 11.6 Å². The minimum atomic E-state index is -0.168. The van der Waals surface area contributed by atoms with Gasteiger partial charge in [0.2, 0.25) is 0 Å². The summed E-state index contributed by atoms with van der Waals surface area (Å²) in [7, 11) is 1.47. The van der Waals surface area contributed by atoms with Gasteiger partial charge in [0, 0.05) is 24.9 Å². The largest absolute Gasteiger partial charge is 0.377 e. The SMILES string of the molecule is COCC(=O)c1cnc2[nH]ccc2c1Cl. The van der Waals surface area contributed by atoms with E-state index in [1.54, 1.807) is 12.3 Å². The number of nitrogens with one attached hydrogen (secondary N) is 1. The Labute approximate surface area is 91.2 Å². The Balaban J connectivity index is 2.52. The zero-order valence-corrected chi connectivity index (χ0v) is 8.84. The highest BCUT2D eigenvalue weighted by Gasteiger charge is 2.13. The highest BCUT2D eigenvalue weighted by atomic mass is 35.5. The number of halogens is 1. The highest BCUT2D eigenvalue weighted by molar-refractivity contribution is 6.38. The number of hydrogen-bond acceptors (Lipinski definition) is 3. The number of aromatic nitrogens is 2. The number of ether oxygens (including phenoxy) is 1. The second-order valence-electron chi connectivity index (χ2n) is 3.08. The normalized spacial score (nSPS) is 10.8. The van der Waals surface area contributed by atoms with Gasteiger partial charge >= 0.3 is 0 Å². The van der Waals surface area contributed by atoms with Crippen LogP contribution in [0.3, 0.4) is 0 Å².